The van der Waals surface area contributed by atoms with Gasteiger partial charge < -0.3 is 15.7 Å². The second kappa shape index (κ2) is 11.6. The van der Waals surface area contributed by atoms with E-state index in [0.29, 0.717) is 0 Å². The van der Waals surface area contributed by atoms with Crippen molar-refractivity contribution < 1.29 is 45.1 Å². The van der Waals surface area contributed by atoms with E-state index in [2.05, 4.69) is 15.6 Å². The minimum Gasteiger partial charge on any atom is -0.381 e. The van der Waals surface area contributed by atoms with Crippen LogP contribution in [0.5, 0.6) is 0 Å². The monoisotopic (exact) mass is 530 g/mol. The van der Waals surface area contributed by atoms with Crippen LogP contribution in [0.3, 0.4) is 0 Å². The van der Waals surface area contributed by atoms with Crippen molar-refractivity contribution in [2.24, 2.45) is 0 Å². The van der Waals surface area contributed by atoms with Crippen LogP contribution in [0, 0.1) is 0 Å². The first kappa shape index (κ1) is 28.8. The Hall–Kier alpha value is -2.39. The topological polar surface area (TPSA) is 137 Å². The molecule has 0 saturated heterocycles. The molecule has 2 amide bonds. The molecule has 0 aromatic carbocycles. The van der Waals surface area contributed by atoms with E-state index < -0.39 is 70.0 Å². The minimum atomic E-state index is -5.93. The van der Waals surface area contributed by atoms with Gasteiger partial charge in [-0.1, -0.05) is 13.0 Å². The van der Waals surface area contributed by atoms with Gasteiger partial charge in [-0.3, -0.25) is 19.9 Å². The van der Waals surface area contributed by atoms with Crippen LogP contribution in [-0.2, 0) is 25.2 Å². The number of amides is 2. The van der Waals surface area contributed by atoms with Gasteiger partial charge in [-0.05, 0) is 30.9 Å². The van der Waals surface area contributed by atoms with Crippen LogP contribution >= 0.6 is 0 Å². The number of carbonyl (C=O) groups excluding carboxylic acids is 2. The second-order valence-corrected chi connectivity index (χ2v) is 10.4. The highest BCUT2D eigenvalue weighted by atomic mass is 32.2. The molecule has 2 unspecified atom stereocenters. The smallest absolute Gasteiger partial charge is 0.381 e. The summed E-state index contributed by atoms with van der Waals surface area (Å²) in [5.41, 5.74) is 0.214. The van der Waals surface area contributed by atoms with Crippen LogP contribution in [0.15, 0.2) is 24.5 Å². The van der Waals surface area contributed by atoms with E-state index in [1.165, 1.54) is 31.5 Å². The molecule has 2 rings (SSSR count). The Morgan fingerprint density at radius 3 is 2.37 bits per heavy atom. The molecular weight excluding hydrogens is 503 g/mol. The van der Waals surface area contributed by atoms with Crippen molar-refractivity contribution in [1.82, 2.24) is 20.9 Å². The van der Waals surface area contributed by atoms with Crippen LogP contribution in [-0.4, -0.2) is 78.9 Å². The highest BCUT2D eigenvalue weighted by Crippen LogP contribution is 2.34. The molecule has 4 N–H and O–H groups in total. The number of hydrogen-bond acceptors (Lipinski definition) is 7. The van der Waals surface area contributed by atoms with Crippen molar-refractivity contribution in [3.63, 3.8) is 0 Å². The first-order valence-corrected chi connectivity index (χ1v) is 12.5. The number of hydrogen-bond donors (Lipinski definition) is 4. The van der Waals surface area contributed by atoms with Crippen LogP contribution in [0.4, 0.5) is 22.0 Å². The highest BCUT2D eigenvalue weighted by molar-refractivity contribution is 7.90. The standard InChI is InChI=1S/C20H27F5N4O5S/c1-2-14(16(30)18(32)28-13-5-6-13)29-17(31)15(27-11-19(21,22)20(23,24)25)10-35(33,34)9-12-4-3-7-26-8-12/h3-4,7-8,13-16,27,30H,2,5-6,9-11H2,1H3,(H,28,32)(H,29,31)/t14?,15-,16?/m0/s1. The van der Waals surface area contributed by atoms with Gasteiger partial charge in [0.15, 0.2) is 15.9 Å². The molecule has 0 aliphatic heterocycles. The summed E-state index contributed by atoms with van der Waals surface area (Å²) in [4.78, 5) is 28.6. The highest BCUT2D eigenvalue weighted by Gasteiger charge is 2.57. The van der Waals surface area contributed by atoms with Crippen molar-refractivity contribution in [2.45, 2.75) is 68.3 Å². The third-order valence-electron chi connectivity index (χ3n) is 5.17. The third kappa shape index (κ3) is 8.96. The Morgan fingerprint density at radius 2 is 1.86 bits per heavy atom. The fourth-order valence-electron chi connectivity index (χ4n) is 3.01. The Labute approximate surface area is 198 Å². The SMILES string of the molecule is CCC(NC(=O)[C@H](CS(=O)(=O)Cc1cccnc1)NCC(F)(F)C(F)(F)F)C(O)C(=O)NC1CC1. The van der Waals surface area contributed by atoms with Gasteiger partial charge in [0.25, 0.3) is 5.91 Å². The number of nitrogens with zero attached hydrogens (tertiary/aromatic N) is 1. The van der Waals surface area contributed by atoms with Crippen LogP contribution in [0.2, 0.25) is 0 Å². The summed E-state index contributed by atoms with van der Waals surface area (Å²) in [5, 5.41) is 16.6. The fraction of sp³-hybridized carbons (Fsp3) is 0.650. The number of alkyl halides is 5. The van der Waals surface area contributed by atoms with E-state index in [-0.39, 0.29) is 18.0 Å². The van der Waals surface area contributed by atoms with E-state index >= 15 is 0 Å². The molecule has 1 aromatic heterocycles. The lowest BCUT2D eigenvalue weighted by Crippen LogP contribution is -2.58. The molecule has 0 radical (unpaired) electrons. The lowest BCUT2D eigenvalue weighted by atomic mass is 10.1. The molecular formula is C20H27F5N4O5S. The molecule has 1 aliphatic carbocycles. The summed E-state index contributed by atoms with van der Waals surface area (Å²) in [6.07, 6.45) is -3.65. The van der Waals surface area contributed by atoms with E-state index in [4.69, 9.17) is 0 Å². The Kier molecular flexibility index (Phi) is 9.53. The van der Waals surface area contributed by atoms with E-state index in [1.807, 2.05) is 0 Å². The molecule has 1 fully saturated rings. The number of halogens is 5. The van der Waals surface area contributed by atoms with Crippen molar-refractivity contribution in [1.29, 1.82) is 0 Å². The summed E-state index contributed by atoms with van der Waals surface area (Å²) in [5.74, 6) is -9.07. The van der Waals surface area contributed by atoms with E-state index in [0.717, 1.165) is 12.8 Å². The zero-order chi connectivity index (χ0) is 26.4. The Morgan fingerprint density at radius 1 is 1.20 bits per heavy atom. The largest absolute Gasteiger partial charge is 0.454 e. The third-order valence-corrected chi connectivity index (χ3v) is 6.79. The fourth-order valence-corrected chi connectivity index (χ4v) is 4.59. The minimum absolute atomic E-state index is 0.0150. The quantitative estimate of drug-likeness (QED) is 0.276. The number of pyridine rings is 1. The van der Waals surface area contributed by atoms with Gasteiger partial charge in [-0.2, -0.15) is 22.0 Å². The Balaban J connectivity index is 2.17. The number of sulfone groups is 1. The average molecular weight is 531 g/mol. The van der Waals surface area contributed by atoms with Gasteiger partial charge in [-0.25, -0.2) is 8.42 Å². The summed E-state index contributed by atoms with van der Waals surface area (Å²) in [6, 6.07) is -0.529. The van der Waals surface area contributed by atoms with Gasteiger partial charge in [0.2, 0.25) is 5.91 Å². The predicted octanol–water partition coefficient (Wildman–Crippen LogP) is 0.687. The summed E-state index contributed by atoms with van der Waals surface area (Å²) < 4.78 is 89.8. The zero-order valence-corrected chi connectivity index (χ0v) is 19.5. The molecule has 1 aliphatic rings. The molecule has 0 bridgehead atoms. The Bertz CT molecular complexity index is 974. The maximum Gasteiger partial charge on any atom is 0.454 e. The lowest BCUT2D eigenvalue weighted by Gasteiger charge is -2.27. The molecule has 35 heavy (non-hydrogen) atoms. The molecule has 1 aromatic rings. The average Bonchev–Trinajstić information content (AvgIpc) is 3.57. The van der Waals surface area contributed by atoms with Gasteiger partial charge in [0, 0.05) is 18.4 Å². The van der Waals surface area contributed by atoms with Crippen LogP contribution in [0.25, 0.3) is 0 Å². The normalized spacial score (nSPS) is 17.3. The second-order valence-electron chi connectivity index (χ2n) is 8.30. The van der Waals surface area contributed by atoms with Gasteiger partial charge >= 0.3 is 12.1 Å². The van der Waals surface area contributed by atoms with E-state index in [9.17, 15) is 45.1 Å². The maximum absolute atomic E-state index is 13.5. The zero-order valence-electron chi connectivity index (χ0n) is 18.7. The molecule has 198 valence electrons. The van der Waals surface area contributed by atoms with Gasteiger partial charge in [0.05, 0.1) is 24.1 Å². The van der Waals surface area contributed by atoms with Crippen molar-refractivity contribution in [3.8, 4) is 0 Å². The van der Waals surface area contributed by atoms with Gasteiger partial charge in [0.1, 0.15) is 6.04 Å². The number of carbonyl (C=O) groups is 2. The molecule has 1 saturated carbocycles. The first-order valence-electron chi connectivity index (χ1n) is 10.7. The van der Waals surface area contributed by atoms with Gasteiger partial charge in [-0.15, -0.1) is 0 Å². The number of nitrogens with one attached hydrogen (secondary N) is 3. The van der Waals surface area contributed by atoms with E-state index in [1.54, 1.807) is 5.32 Å². The molecule has 1 heterocycles. The molecule has 0 spiro atoms. The van der Waals surface area contributed by atoms with Crippen molar-refractivity contribution in [3.05, 3.63) is 30.1 Å². The lowest BCUT2D eigenvalue weighted by molar-refractivity contribution is -0.279. The number of aliphatic hydroxyl groups excluding tert-OH is 1. The molecule has 15 heteroatoms. The summed E-state index contributed by atoms with van der Waals surface area (Å²) in [7, 11) is -4.20. The number of aliphatic hydroxyl groups is 1. The number of rotatable bonds is 13. The molecule has 9 nitrogen and oxygen atoms in total. The first-order chi connectivity index (χ1) is 16.1. The van der Waals surface area contributed by atoms with Crippen LogP contribution < -0.4 is 16.0 Å². The summed E-state index contributed by atoms with van der Waals surface area (Å²) >= 11 is 0. The molecule has 3 atom stereocenters. The maximum atomic E-state index is 13.5. The number of aromatic nitrogens is 1. The summed E-state index contributed by atoms with van der Waals surface area (Å²) in [6.45, 7) is -0.573. The van der Waals surface area contributed by atoms with Crippen LogP contribution in [0.1, 0.15) is 31.7 Å². The van der Waals surface area contributed by atoms with Crippen molar-refractivity contribution in [2.75, 3.05) is 12.3 Å². The van der Waals surface area contributed by atoms with Crippen molar-refractivity contribution >= 4 is 21.7 Å². The predicted molar refractivity (Wildman–Crippen MR) is 114 cm³/mol.